The minimum Gasteiger partial charge on any atom is -0.206 e. The molecule has 0 nitrogen and oxygen atoms in total. The normalized spacial score (nSPS) is 20.1. The van der Waals surface area contributed by atoms with Gasteiger partial charge in [-0.25, -0.2) is 4.39 Å². The van der Waals surface area contributed by atoms with Crippen molar-refractivity contribution in [3.05, 3.63) is 89.8 Å². The van der Waals surface area contributed by atoms with E-state index in [2.05, 4.69) is 49.4 Å². The monoisotopic (exact) mass is 384 g/mol. The van der Waals surface area contributed by atoms with E-state index in [0.717, 1.165) is 16.9 Å². The SMILES string of the molecule is C/C=C/c1ccc2cc(-c3ccc(C4CCC(/C=C/C)CC4)cc3)ccc2c1F. The van der Waals surface area contributed by atoms with Crippen LogP contribution in [0.2, 0.25) is 0 Å². The van der Waals surface area contributed by atoms with Crippen molar-refractivity contribution in [1.29, 1.82) is 0 Å². The van der Waals surface area contributed by atoms with Crippen molar-refractivity contribution in [3.8, 4) is 11.1 Å². The Morgan fingerprint density at radius 2 is 1.52 bits per heavy atom. The van der Waals surface area contributed by atoms with Crippen LogP contribution < -0.4 is 0 Å². The summed E-state index contributed by atoms with van der Waals surface area (Å²) < 4.78 is 14.7. The van der Waals surface area contributed by atoms with Crippen LogP contribution in [0.15, 0.2) is 72.8 Å². The minimum atomic E-state index is -0.143. The van der Waals surface area contributed by atoms with Gasteiger partial charge in [-0.15, -0.1) is 0 Å². The molecule has 0 amide bonds. The van der Waals surface area contributed by atoms with Gasteiger partial charge >= 0.3 is 0 Å². The predicted octanol–water partition coefficient (Wildman–Crippen LogP) is 8.53. The summed E-state index contributed by atoms with van der Waals surface area (Å²) in [6, 6.07) is 18.9. The molecule has 0 N–H and O–H groups in total. The molecule has 0 heterocycles. The second-order valence-corrected chi connectivity index (χ2v) is 8.16. The van der Waals surface area contributed by atoms with Crippen LogP contribution in [0.3, 0.4) is 0 Å². The van der Waals surface area contributed by atoms with Crippen LogP contribution in [0.5, 0.6) is 0 Å². The number of halogens is 1. The molecule has 3 aromatic carbocycles. The highest BCUT2D eigenvalue weighted by Crippen LogP contribution is 2.37. The van der Waals surface area contributed by atoms with Crippen LogP contribution in [-0.4, -0.2) is 0 Å². The second kappa shape index (κ2) is 8.78. The van der Waals surface area contributed by atoms with Gasteiger partial charge in [-0.3, -0.25) is 0 Å². The third-order valence-corrected chi connectivity index (χ3v) is 6.28. The Morgan fingerprint density at radius 3 is 2.21 bits per heavy atom. The first-order chi connectivity index (χ1) is 14.2. The molecule has 0 unspecified atom stereocenters. The molecule has 0 spiro atoms. The van der Waals surface area contributed by atoms with Crippen LogP contribution in [0.4, 0.5) is 4.39 Å². The molecule has 0 atom stereocenters. The fourth-order valence-corrected chi connectivity index (χ4v) is 4.66. The molecule has 0 radical (unpaired) electrons. The standard InChI is InChI=1S/C28H29F/c1-3-5-20-7-9-21(10-8-20)22-11-13-23(14-12-22)25-17-18-27-26(19-25)16-15-24(6-4-2)28(27)29/h3-6,11-21H,7-10H2,1-2H3/b5-3+,6-4+. The van der Waals surface area contributed by atoms with E-state index in [0.29, 0.717) is 16.9 Å². The molecule has 0 saturated heterocycles. The van der Waals surface area contributed by atoms with E-state index < -0.39 is 0 Å². The maximum atomic E-state index is 14.7. The molecule has 1 fully saturated rings. The summed E-state index contributed by atoms with van der Waals surface area (Å²) in [6.45, 7) is 4.03. The van der Waals surface area contributed by atoms with Gasteiger partial charge in [-0.05, 0) is 79.5 Å². The van der Waals surface area contributed by atoms with Gasteiger partial charge < -0.3 is 0 Å². The summed E-state index contributed by atoms with van der Waals surface area (Å²) in [5, 5.41) is 1.62. The van der Waals surface area contributed by atoms with Gasteiger partial charge in [0.15, 0.2) is 0 Å². The third-order valence-electron chi connectivity index (χ3n) is 6.28. The van der Waals surface area contributed by atoms with Gasteiger partial charge in [-0.1, -0.05) is 72.8 Å². The van der Waals surface area contributed by atoms with Gasteiger partial charge in [0, 0.05) is 10.9 Å². The Balaban J connectivity index is 1.54. The Bertz CT molecular complexity index is 1030. The summed E-state index contributed by atoms with van der Waals surface area (Å²) in [7, 11) is 0. The Kier molecular flexibility index (Phi) is 5.94. The Labute approximate surface area is 173 Å². The van der Waals surface area contributed by atoms with E-state index in [9.17, 15) is 4.39 Å². The van der Waals surface area contributed by atoms with Crippen molar-refractivity contribution in [3.63, 3.8) is 0 Å². The highest BCUT2D eigenvalue weighted by atomic mass is 19.1. The highest BCUT2D eigenvalue weighted by molar-refractivity contribution is 5.89. The molecule has 0 aromatic heterocycles. The quantitative estimate of drug-likeness (QED) is 0.395. The zero-order chi connectivity index (χ0) is 20.2. The number of benzene rings is 3. The molecular formula is C28H29F. The topological polar surface area (TPSA) is 0 Å². The predicted molar refractivity (Wildman–Crippen MR) is 124 cm³/mol. The van der Waals surface area contributed by atoms with E-state index in [1.165, 1.54) is 36.8 Å². The van der Waals surface area contributed by atoms with Crippen LogP contribution in [0, 0.1) is 11.7 Å². The number of fused-ring (bicyclic) bond motifs is 1. The zero-order valence-corrected chi connectivity index (χ0v) is 17.4. The number of hydrogen-bond acceptors (Lipinski definition) is 0. The fourth-order valence-electron chi connectivity index (χ4n) is 4.66. The lowest BCUT2D eigenvalue weighted by atomic mass is 9.78. The summed E-state index contributed by atoms with van der Waals surface area (Å²) in [4.78, 5) is 0. The molecule has 1 aliphatic carbocycles. The molecule has 148 valence electrons. The summed E-state index contributed by atoms with van der Waals surface area (Å²) >= 11 is 0. The maximum Gasteiger partial charge on any atom is 0.138 e. The first-order valence-corrected chi connectivity index (χ1v) is 10.8. The maximum absolute atomic E-state index is 14.7. The van der Waals surface area contributed by atoms with E-state index >= 15 is 0 Å². The summed E-state index contributed by atoms with van der Waals surface area (Å²) in [6.07, 6.45) is 13.4. The molecule has 3 aromatic rings. The molecule has 1 heteroatoms. The van der Waals surface area contributed by atoms with Gasteiger partial charge in [-0.2, -0.15) is 0 Å². The van der Waals surface area contributed by atoms with E-state index in [-0.39, 0.29) is 5.82 Å². The van der Waals surface area contributed by atoms with Crippen LogP contribution in [-0.2, 0) is 0 Å². The number of hydrogen-bond donors (Lipinski definition) is 0. The molecule has 0 bridgehead atoms. The van der Waals surface area contributed by atoms with Crippen molar-refractivity contribution in [2.45, 2.75) is 45.4 Å². The molecule has 4 rings (SSSR count). The second-order valence-electron chi connectivity index (χ2n) is 8.16. The highest BCUT2D eigenvalue weighted by Gasteiger charge is 2.20. The average Bonchev–Trinajstić information content (AvgIpc) is 2.76. The molecular weight excluding hydrogens is 355 g/mol. The van der Waals surface area contributed by atoms with Crippen molar-refractivity contribution in [2.75, 3.05) is 0 Å². The zero-order valence-electron chi connectivity index (χ0n) is 17.4. The lowest BCUT2D eigenvalue weighted by molar-refractivity contribution is 0.376. The van der Waals surface area contributed by atoms with E-state index in [1.54, 1.807) is 0 Å². The number of rotatable bonds is 4. The van der Waals surface area contributed by atoms with Crippen molar-refractivity contribution in [1.82, 2.24) is 0 Å². The van der Waals surface area contributed by atoms with Gasteiger partial charge in [0.1, 0.15) is 5.82 Å². The third kappa shape index (κ3) is 4.19. The van der Waals surface area contributed by atoms with Crippen molar-refractivity contribution in [2.24, 2.45) is 5.92 Å². The molecule has 0 aliphatic heterocycles. The Hall–Kier alpha value is -2.67. The minimum absolute atomic E-state index is 0.143. The molecule has 1 aliphatic rings. The van der Waals surface area contributed by atoms with E-state index in [4.69, 9.17) is 0 Å². The van der Waals surface area contributed by atoms with E-state index in [1.807, 2.05) is 43.3 Å². The van der Waals surface area contributed by atoms with Crippen LogP contribution >= 0.6 is 0 Å². The van der Waals surface area contributed by atoms with Crippen LogP contribution in [0.25, 0.3) is 28.0 Å². The van der Waals surface area contributed by atoms with Gasteiger partial charge in [0.25, 0.3) is 0 Å². The largest absolute Gasteiger partial charge is 0.206 e. The first-order valence-electron chi connectivity index (χ1n) is 10.8. The summed E-state index contributed by atoms with van der Waals surface area (Å²) in [5.41, 5.74) is 4.42. The lowest BCUT2D eigenvalue weighted by Crippen LogP contribution is -2.11. The smallest absolute Gasteiger partial charge is 0.138 e. The van der Waals surface area contributed by atoms with Gasteiger partial charge in [0.2, 0.25) is 0 Å². The molecule has 29 heavy (non-hydrogen) atoms. The molecule has 1 saturated carbocycles. The van der Waals surface area contributed by atoms with Gasteiger partial charge in [0.05, 0.1) is 0 Å². The summed E-state index contributed by atoms with van der Waals surface area (Å²) in [5.74, 6) is 1.30. The average molecular weight is 385 g/mol. The fraction of sp³-hybridized carbons (Fsp3) is 0.286. The lowest BCUT2D eigenvalue weighted by Gasteiger charge is -2.27. The van der Waals surface area contributed by atoms with Crippen LogP contribution in [0.1, 0.15) is 56.6 Å². The van der Waals surface area contributed by atoms with Crippen molar-refractivity contribution < 1.29 is 4.39 Å². The first kappa shape index (κ1) is 19.6. The van der Waals surface area contributed by atoms with Crippen molar-refractivity contribution >= 4 is 16.8 Å². The Morgan fingerprint density at radius 1 is 0.793 bits per heavy atom. The number of allylic oxidation sites excluding steroid dienone is 3.